The lowest BCUT2D eigenvalue weighted by atomic mass is 10.0. The van der Waals surface area contributed by atoms with E-state index in [0.29, 0.717) is 13.0 Å². The number of nitrogens with zero attached hydrogens (tertiary/aromatic N) is 1. The van der Waals surface area contributed by atoms with E-state index in [1.165, 1.54) is 5.56 Å². The number of hydrogen-bond acceptors (Lipinski definition) is 3. The van der Waals surface area contributed by atoms with Crippen LogP contribution in [0, 0.1) is 6.92 Å². The van der Waals surface area contributed by atoms with Crippen molar-refractivity contribution >= 4 is 6.09 Å². The van der Waals surface area contributed by atoms with E-state index in [4.69, 9.17) is 9.47 Å². The quantitative estimate of drug-likeness (QED) is 0.632. The number of benzene rings is 3. The summed E-state index contributed by atoms with van der Waals surface area (Å²) in [4.78, 5) is 14.0. The molecule has 0 N–H and O–H groups in total. The number of aryl methyl sites for hydroxylation is 1. The number of para-hydroxylation sites is 1. The Labute approximate surface area is 165 Å². The minimum Gasteiger partial charge on any atom is -0.453 e. The summed E-state index contributed by atoms with van der Waals surface area (Å²) in [6.45, 7) is 2.56. The van der Waals surface area contributed by atoms with Crippen LogP contribution in [0.5, 0.6) is 5.75 Å². The SMILES string of the molecule is Cc1ccc(-c2cccc3c2OC(OC(=O)N(C)Cc2ccccc2)C3)cc1. The smallest absolute Gasteiger partial charge is 0.412 e. The summed E-state index contributed by atoms with van der Waals surface area (Å²) in [6.07, 6.45) is -0.439. The monoisotopic (exact) mass is 373 g/mol. The van der Waals surface area contributed by atoms with Gasteiger partial charge in [0, 0.05) is 24.7 Å². The van der Waals surface area contributed by atoms with Gasteiger partial charge >= 0.3 is 6.09 Å². The largest absolute Gasteiger partial charge is 0.453 e. The van der Waals surface area contributed by atoms with Gasteiger partial charge in [0.1, 0.15) is 5.75 Å². The van der Waals surface area contributed by atoms with Crippen molar-refractivity contribution in [3.63, 3.8) is 0 Å². The molecule has 0 saturated heterocycles. The third kappa shape index (κ3) is 3.86. The average molecular weight is 373 g/mol. The Hall–Kier alpha value is -3.27. The minimum absolute atomic E-state index is 0.390. The molecule has 3 aromatic carbocycles. The van der Waals surface area contributed by atoms with Gasteiger partial charge in [-0.15, -0.1) is 0 Å². The molecule has 142 valence electrons. The van der Waals surface area contributed by atoms with Crippen molar-refractivity contribution in [1.82, 2.24) is 4.90 Å². The summed E-state index contributed by atoms with van der Waals surface area (Å²) in [6, 6.07) is 24.3. The Morgan fingerprint density at radius 3 is 2.54 bits per heavy atom. The van der Waals surface area contributed by atoms with Crippen LogP contribution in [0.15, 0.2) is 72.8 Å². The number of carbonyl (C=O) groups excluding carboxylic acids is 1. The molecule has 1 aliphatic heterocycles. The Morgan fingerprint density at radius 1 is 1.04 bits per heavy atom. The van der Waals surface area contributed by atoms with Gasteiger partial charge in [-0.3, -0.25) is 0 Å². The van der Waals surface area contributed by atoms with Crippen molar-refractivity contribution in [3.05, 3.63) is 89.5 Å². The van der Waals surface area contributed by atoms with Gasteiger partial charge in [0.25, 0.3) is 0 Å². The fourth-order valence-corrected chi connectivity index (χ4v) is 3.39. The zero-order valence-electron chi connectivity index (χ0n) is 16.1. The summed E-state index contributed by atoms with van der Waals surface area (Å²) >= 11 is 0. The van der Waals surface area contributed by atoms with Crippen LogP contribution in [0.25, 0.3) is 11.1 Å². The molecule has 3 aromatic rings. The van der Waals surface area contributed by atoms with Gasteiger partial charge < -0.3 is 14.4 Å². The predicted octanol–water partition coefficient (Wildman–Crippen LogP) is 5.19. The molecule has 1 amide bonds. The van der Waals surface area contributed by atoms with Crippen molar-refractivity contribution in [2.24, 2.45) is 0 Å². The van der Waals surface area contributed by atoms with Crippen LogP contribution in [-0.2, 0) is 17.7 Å². The van der Waals surface area contributed by atoms with E-state index in [2.05, 4.69) is 31.2 Å². The molecule has 0 radical (unpaired) electrons. The van der Waals surface area contributed by atoms with E-state index in [1.807, 2.05) is 48.5 Å². The van der Waals surface area contributed by atoms with Crippen LogP contribution in [-0.4, -0.2) is 24.3 Å². The first-order valence-corrected chi connectivity index (χ1v) is 9.41. The number of rotatable bonds is 4. The van der Waals surface area contributed by atoms with E-state index < -0.39 is 12.4 Å². The van der Waals surface area contributed by atoms with E-state index in [-0.39, 0.29) is 0 Å². The van der Waals surface area contributed by atoms with Crippen molar-refractivity contribution in [2.45, 2.75) is 26.2 Å². The standard InChI is InChI=1S/C24H23NO3/c1-17-11-13-19(14-12-17)21-10-6-9-20-15-22(27-23(20)21)28-24(26)25(2)16-18-7-4-3-5-8-18/h3-14,22H,15-16H2,1-2H3. The van der Waals surface area contributed by atoms with Crippen molar-refractivity contribution in [3.8, 4) is 16.9 Å². The van der Waals surface area contributed by atoms with Crippen LogP contribution in [0.3, 0.4) is 0 Å². The number of fused-ring (bicyclic) bond motifs is 1. The van der Waals surface area contributed by atoms with E-state index >= 15 is 0 Å². The zero-order valence-corrected chi connectivity index (χ0v) is 16.1. The first-order chi connectivity index (χ1) is 13.6. The third-order valence-corrected chi connectivity index (χ3v) is 4.90. The number of hydrogen-bond donors (Lipinski definition) is 0. The fraction of sp³-hybridized carbons (Fsp3) is 0.208. The number of carbonyl (C=O) groups is 1. The van der Waals surface area contributed by atoms with Gasteiger partial charge in [-0.1, -0.05) is 78.4 Å². The number of ether oxygens (including phenoxy) is 2. The van der Waals surface area contributed by atoms with Crippen LogP contribution in [0.1, 0.15) is 16.7 Å². The maximum atomic E-state index is 12.5. The Balaban J connectivity index is 1.44. The van der Waals surface area contributed by atoms with Gasteiger partial charge in [0.05, 0.1) is 6.42 Å². The molecule has 1 heterocycles. The van der Waals surface area contributed by atoms with Crippen LogP contribution < -0.4 is 4.74 Å². The first kappa shape index (κ1) is 18.1. The predicted molar refractivity (Wildman–Crippen MR) is 109 cm³/mol. The molecule has 0 aromatic heterocycles. The topological polar surface area (TPSA) is 38.8 Å². The van der Waals surface area contributed by atoms with Gasteiger partial charge in [0.2, 0.25) is 6.29 Å². The molecule has 1 aliphatic rings. The molecule has 4 rings (SSSR count). The molecular formula is C24H23NO3. The summed E-state index contributed by atoms with van der Waals surface area (Å²) in [5.41, 5.74) is 5.44. The molecule has 1 atom stereocenters. The van der Waals surface area contributed by atoms with E-state index in [0.717, 1.165) is 28.0 Å². The number of amides is 1. The summed E-state index contributed by atoms with van der Waals surface area (Å²) in [5.74, 6) is 0.801. The van der Waals surface area contributed by atoms with E-state index in [1.54, 1.807) is 11.9 Å². The van der Waals surface area contributed by atoms with Gasteiger partial charge in [0.15, 0.2) is 0 Å². The van der Waals surface area contributed by atoms with Crippen molar-refractivity contribution in [2.75, 3.05) is 7.05 Å². The Kier molecular flexibility index (Phi) is 5.02. The molecular weight excluding hydrogens is 350 g/mol. The van der Waals surface area contributed by atoms with E-state index in [9.17, 15) is 4.79 Å². The highest BCUT2D eigenvalue weighted by atomic mass is 16.7. The highest BCUT2D eigenvalue weighted by Gasteiger charge is 2.29. The van der Waals surface area contributed by atoms with Crippen molar-refractivity contribution in [1.29, 1.82) is 0 Å². The second-order valence-electron chi connectivity index (χ2n) is 7.14. The molecule has 0 bridgehead atoms. The second-order valence-corrected chi connectivity index (χ2v) is 7.14. The lowest BCUT2D eigenvalue weighted by Gasteiger charge is -2.20. The lowest BCUT2D eigenvalue weighted by Crippen LogP contribution is -2.32. The first-order valence-electron chi connectivity index (χ1n) is 9.41. The van der Waals surface area contributed by atoms with Crippen molar-refractivity contribution < 1.29 is 14.3 Å². The molecule has 0 spiro atoms. The van der Waals surface area contributed by atoms with Gasteiger partial charge in [-0.05, 0) is 18.1 Å². The molecule has 0 saturated carbocycles. The molecule has 1 unspecified atom stereocenters. The highest BCUT2D eigenvalue weighted by Crippen LogP contribution is 2.39. The summed E-state index contributed by atoms with van der Waals surface area (Å²) in [5, 5.41) is 0. The van der Waals surface area contributed by atoms with Crippen LogP contribution in [0.2, 0.25) is 0 Å². The molecule has 0 aliphatic carbocycles. The second kappa shape index (κ2) is 7.77. The van der Waals surface area contributed by atoms with Crippen LogP contribution in [0.4, 0.5) is 4.79 Å². The molecule has 4 nitrogen and oxygen atoms in total. The molecule has 28 heavy (non-hydrogen) atoms. The fourth-order valence-electron chi connectivity index (χ4n) is 3.39. The van der Waals surface area contributed by atoms with Gasteiger partial charge in [-0.25, -0.2) is 4.79 Å². The summed E-state index contributed by atoms with van der Waals surface area (Å²) < 4.78 is 11.6. The zero-order chi connectivity index (χ0) is 19.5. The maximum Gasteiger partial charge on any atom is 0.412 e. The molecule has 4 heteroatoms. The molecule has 0 fully saturated rings. The normalized spacial score (nSPS) is 14.9. The highest BCUT2D eigenvalue weighted by molar-refractivity contribution is 5.73. The summed E-state index contributed by atoms with van der Waals surface area (Å²) in [7, 11) is 1.73. The minimum atomic E-state index is -0.604. The lowest BCUT2D eigenvalue weighted by molar-refractivity contribution is -0.0301. The Morgan fingerprint density at radius 2 is 1.79 bits per heavy atom. The Bertz CT molecular complexity index is 967. The van der Waals surface area contributed by atoms with Crippen LogP contribution >= 0.6 is 0 Å². The third-order valence-electron chi connectivity index (χ3n) is 4.90. The van der Waals surface area contributed by atoms with Gasteiger partial charge in [-0.2, -0.15) is 0 Å². The maximum absolute atomic E-state index is 12.5. The average Bonchev–Trinajstić information content (AvgIpc) is 3.12.